The van der Waals surface area contributed by atoms with Crippen molar-refractivity contribution in [1.29, 1.82) is 0 Å². The quantitative estimate of drug-likeness (QED) is 0.325. The van der Waals surface area contributed by atoms with Crippen LogP contribution in [0.25, 0.3) is 0 Å². The highest BCUT2D eigenvalue weighted by Crippen LogP contribution is 2.12. The van der Waals surface area contributed by atoms with Crippen LogP contribution >= 0.6 is 24.0 Å². The number of guanidine groups is 1. The summed E-state index contributed by atoms with van der Waals surface area (Å²) in [5.74, 6) is 1.81. The Morgan fingerprint density at radius 3 is 2.50 bits per heavy atom. The third-order valence-electron chi connectivity index (χ3n) is 3.52. The Kier molecular flexibility index (Phi) is 8.96. The van der Waals surface area contributed by atoms with Crippen LogP contribution in [0.15, 0.2) is 41.4 Å². The van der Waals surface area contributed by atoms with Crippen molar-refractivity contribution in [1.82, 2.24) is 10.6 Å². The number of nitrogens with one attached hydrogen (secondary N) is 2. The molecule has 22 heavy (non-hydrogen) atoms. The third kappa shape index (κ3) is 6.25. The minimum Gasteiger partial charge on any atom is -0.497 e. The van der Waals surface area contributed by atoms with Crippen molar-refractivity contribution in [2.75, 3.05) is 20.2 Å². The second-order valence-electron chi connectivity index (χ2n) is 5.14. The summed E-state index contributed by atoms with van der Waals surface area (Å²) in [5.41, 5.74) is 1.28. The van der Waals surface area contributed by atoms with E-state index in [0.717, 1.165) is 44.1 Å². The van der Waals surface area contributed by atoms with Gasteiger partial charge in [0, 0.05) is 19.1 Å². The van der Waals surface area contributed by atoms with Crippen LogP contribution < -0.4 is 15.4 Å². The van der Waals surface area contributed by atoms with Gasteiger partial charge in [-0.15, -0.1) is 24.0 Å². The van der Waals surface area contributed by atoms with E-state index in [1.54, 1.807) is 7.11 Å². The molecule has 4 nitrogen and oxygen atoms in total. The number of benzene rings is 1. The highest BCUT2D eigenvalue weighted by atomic mass is 127. The number of hydrogen-bond donors (Lipinski definition) is 2. The van der Waals surface area contributed by atoms with Crippen LogP contribution in [-0.2, 0) is 6.42 Å². The Labute approximate surface area is 150 Å². The Hall–Kier alpha value is -1.24. The summed E-state index contributed by atoms with van der Waals surface area (Å²) in [6.07, 6.45) is 7.55. The smallest absolute Gasteiger partial charge is 0.191 e. The van der Waals surface area contributed by atoms with Gasteiger partial charge in [-0.05, 0) is 43.9 Å². The average Bonchev–Trinajstić information content (AvgIpc) is 3.01. The predicted molar refractivity (Wildman–Crippen MR) is 103 cm³/mol. The molecule has 1 aliphatic rings. The first-order chi connectivity index (χ1) is 10.3. The Balaban J connectivity index is 0.00000242. The van der Waals surface area contributed by atoms with Gasteiger partial charge in [0.25, 0.3) is 0 Å². The molecule has 1 aromatic carbocycles. The van der Waals surface area contributed by atoms with Gasteiger partial charge in [0.1, 0.15) is 5.75 Å². The van der Waals surface area contributed by atoms with Gasteiger partial charge in [0.15, 0.2) is 5.96 Å². The van der Waals surface area contributed by atoms with Crippen LogP contribution in [-0.4, -0.2) is 32.2 Å². The summed E-state index contributed by atoms with van der Waals surface area (Å²) in [7, 11) is 1.69. The normalized spacial score (nSPS) is 14.5. The summed E-state index contributed by atoms with van der Waals surface area (Å²) in [4.78, 5) is 4.65. The monoisotopic (exact) mass is 415 g/mol. The molecule has 1 aromatic rings. The van der Waals surface area contributed by atoms with Crippen molar-refractivity contribution >= 4 is 29.9 Å². The molecule has 0 amide bonds. The Bertz CT molecular complexity index is 477. The second-order valence-corrected chi connectivity index (χ2v) is 5.14. The zero-order chi connectivity index (χ0) is 14.9. The van der Waals surface area contributed by atoms with Gasteiger partial charge in [-0.3, -0.25) is 4.99 Å². The lowest BCUT2D eigenvalue weighted by Crippen LogP contribution is -2.42. The standard InChI is InChI=1S/C17H25N3O.HI/c1-3-18-17(20-15-6-4-5-7-15)19-13-12-14-8-10-16(21-2)11-9-14;/h4-5,8-11,15H,3,6-7,12-13H2,1-2H3,(H2,18,19,20);1H. The number of methoxy groups -OCH3 is 1. The van der Waals surface area contributed by atoms with Crippen LogP contribution in [0.3, 0.4) is 0 Å². The summed E-state index contributed by atoms with van der Waals surface area (Å²) >= 11 is 0. The zero-order valence-corrected chi connectivity index (χ0v) is 15.7. The first-order valence-corrected chi connectivity index (χ1v) is 7.64. The van der Waals surface area contributed by atoms with Crippen molar-refractivity contribution in [2.45, 2.75) is 32.2 Å². The Morgan fingerprint density at radius 1 is 1.23 bits per heavy atom. The molecule has 0 radical (unpaired) electrons. The van der Waals surface area contributed by atoms with E-state index in [1.165, 1.54) is 5.56 Å². The van der Waals surface area contributed by atoms with E-state index in [9.17, 15) is 0 Å². The van der Waals surface area contributed by atoms with Crippen LogP contribution in [0.1, 0.15) is 25.3 Å². The molecule has 2 N–H and O–H groups in total. The maximum Gasteiger partial charge on any atom is 0.191 e. The molecule has 0 bridgehead atoms. The van der Waals surface area contributed by atoms with Crippen molar-refractivity contribution in [2.24, 2.45) is 4.99 Å². The van der Waals surface area contributed by atoms with Gasteiger partial charge in [-0.1, -0.05) is 24.3 Å². The highest BCUT2D eigenvalue weighted by molar-refractivity contribution is 14.0. The van der Waals surface area contributed by atoms with Crippen molar-refractivity contribution in [3.8, 4) is 5.75 Å². The SMILES string of the molecule is CCNC(=NCCc1ccc(OC)cc1)NC1CC=CC1.I. The largest absolute Gasteiger partial charge is 0.497 e. The summed E-state index contributed by atoms with van der Waals surface area (Å²) in [6, 6.07) is 8.66. The maximum atomic E-state index is 5.16. The lowest BCUT2D eigenvalue weighted by molar-refractivity contribution is 0.414. The molecule has 0 unspecified atom stereocenters. The lowest BCUT2D eigenvalue weighted by Gasteiger charge is -2.16. The van der Waals surface area contributed by atoms with Crippen molar-refractivity contribution < 1.29 is 4.74 Å². The topological polar surface area (TPSA) is 45.7 Å². The van der Waals surface area contributed by atoms with Crippen LogP contribution in [0.5, 0.6) is 5.75 Å². The van der Waals surface area contributed by atoms with Gasteiger partial charge in [-0.25, -0.2) is 0 Å². The molecule has 0 heterocycles. The fourth-order valence-electron chi connectivity index (χ4n) is 2.34. The van der Waals surface area contributed by atoms with Crippen LogP contribution in [0.4, 0.5) is 0 Å². The number of hydrogen-bond acceptors (Lipinski definition) is 2. The number of aliphatic imine (C=N–C) groups is 1. The van der Waals surface area contributed by atoms with Gasteiger partial charge >= 0.3 is 0 Å². The van der Waals surface area contributed by atoms with E-state index >= 15 is 0 Å². The van der Waals surface area contributed by atoms with Gasteiger partial charge in [0.2, 0.25) is 0 Å². The van der Waals surface area contributed by atoms with Gasteiger partial charge in [0.05, 0.1) is 7.11 Å². The lowest BCUT2D eigenvalue weighted by atomic mass is 10.1. The number of nitrogens with zero attached hydrogens (tertiary/aromatic N) is 1. The summed E-state index contributed by atoms with van der Waals surface area (Å²) in [5, 5.41) is 6.78. The first-order valence-electron chi connectivity index (χ1n) is 7.64. The van der Waals surface area contributed by atoms with Crippen LogP contribution in [0, 0.1) is 0 Å². The molecular formula is C17H26IN3O. The fourth-order valence-corrected chi connectivity index (χ4v) is 2.34. The first kappa shape index (κ1) is 18.8. The number of rotatable bonds is 6. The number of halogens is 1. The molecule has 0 spiro atoms. The van der Waals surface area contributed by atoms with Crippen LogP contribution in [0.2, 0.25) is 0 Å². The maximum absolute atomic E-state index is 5.16. The molecular weight excluding hydrogens is 389 g/mol. The minimum atomic E-state index is 0. The predicted octanol–water partition coefficient (Wildman–Crippen LogP) is 3.13. The molecule has 0 aromatic heterocycles. The molecule has 2 rings (SSSR count). The second kappa shape index (κ2) is 10.5. The minimum absolute atomic E-state index is 0. The zero-order valence-electron chi connectivity index (χ0n) is 13.3. The Morgan fingerprint density at radius 2 is 1.91 bits per heavy atom. The molecule has 1 aliphatic carbocycles. The van der Waals surface area contributed by atoms with Gasteiger partial charge < -0.3 is 15.4 Å². The molecule has 5 heteroatoms. The third-order valence-corrected chi connectivity index (χ3v) is 3.52. The van der Waals surface area contributed by atoms with E-state index in [1.807, 2.05) is 12.1 Å². The summed E-state index contributed by atoms with van der Waals surface area (Å²) < 4.78 is 5.16. The van der Waals surface area contributed by atoms with Crippen molar-refractivity contribution in [3.05, 3.63) is 42.0 Å². The molecule has 0 atom stereocenters. The molecule has 122 valence electrons. The number of ether oxygens (including phenoxy) is 1. The molecule has 0 fully saturated rings. The average molecular weight is 415 g/mol. The van der Waals surface area contributed by atoms with E-state index in [2.05, 4.69) is 46.8 Å². The van der Waals surface area contributed by atoms with Gasteiger partial charge in [-0.2, -0.15) is 0 Å². The van der Waals surface area contributed by atoms with E-state index in [0.29, 0.717) is 6.04 Å². The van der Waals surface area contributed by atoms with Crippen molar-refractivity contribution in [3.63, 3.8) is 0 Å². The summed E-state index contributed by atoms with van der Waals surface area (Å²) in [6.45, 7) is 3.75. The van der Waals surface area contributed by atoms with E-state index in [-0.39, 0.29) is 24.0 Å². The molecule has 0 saturated heterocycles. The fraction of sp³-hybridized carbons (Fsp3) is 0.471. The molecule has 0 aliphatic heterocycles. The highest BCUT2D eigenvalue weighted by Gasteiger charge is 2.11. The van der Waals surface area contributed by atoms with E-state index in [4.69, 9.17) is 4.74 Å². The molecule has 0 saturated carbocycles. The van der Waals surface area contributed by atoms with E-state index < -0.39 is 0 Å².